The fourth-order valence-corrected chi connectivity index (χ4v) is 4.14. The van der Waals surface area contributed by atoms with Gasteiger partial charge in [-0.25, -0.2) is 4.98 Å². The van der Waals surface area contributed by atoms with Gasteiger partial charge < -0.3 is 14.6 Å². The maximum Gasteiger partial charge on any atom is 0.325 e. The molecule has 174 valence electrons. The highest BCUT2D eigenvalue weighted by Gasteiger charge is 2.21. The molecule has 0 unspecified atom stereocenters. The zero-order valence-corrected chi connectivity index (χ0v) is 19.1. The smallest absolute Gasteiger partial charge is 0.325 e. The lowest BCUT2D eigenvalue weighted by molar-refractivity contribution is -0.143. The number of rotatable bonds is 9. The summed E-state index contributed by atoms with van der Waals surface area (Å²) < 4.78 is 7.15. The number of aromatic nitrogens is 2. The molecule has 3 aromatic rings. The number of ether oxygens (including phenoxy) is 1. The van der Waals surface area contributed by atoms with Crippen LogP contribution in [0.5, 0.6) is 0 Å². The van der Waals surface area contributed by atoms with Gasteiger partial charge in [0.1, 0.15) is 12.4 Å². The summed E-state index contributed by atoms with van der Waals surface area (Å²) in [5.74, 6) is 0.496. The zero-order chi connectivity index (χ0) is 23.0. The first kappa shape index (κ1) is 22.9. The Balaban J connectivity index is 1.34. The monoisotopic (exact) mass is 449 g/mol. The number of hydrogen-bond donors (Lipinski definition) is 1. The number of imidazole rings is 1. The predicted molar refractivity (Wildman–Crippen MR) is 127 cm³/mol. The molecule has 0 spiro atoms. The summed E-state index contributed by atoms with van der Waals surface area (Å²) in [5.41, 5.74) is 3.41. The van der Waals surface area contributed by atoms with Crippen LogP contribution in [0, 0.1) is 0 Å². The number of para-hydroxylation sites is 2. The van der Waals surface area contributed by atoms with Gasteiger partial charge in [0.05, 0.1) is 30.7 Å². The van der Waals surface area contributed by atoms with E-state index in [4.69, 9.17) is 9.72 Å². The number of amides is 1. The highest BCUT2D eigenvalue weighted by atomic mass is 16.5. The SMILES string of the molecule is CCOC(=O)CNC(=O)CN1CCN(Cc2nc3ccccc3n2Cc2ccccc2)CC1. The molecule has 8 heteroatoms. The Bertz CT molecular complexity index is 1070. The van der Waals surface area contributed by atoms with Crippen molar-refractivity contribution in [1.29, 1.82) is 0 Å². The van der Waals surface area contributed by atoms with E-state index in [1.54, 1.807) is 6.92 Å². The third kappa shape index (κ3) is 6.18. The lowest BCUT2D eigenvalue weighted by atomic mass is 10.2. The molecule has 1 N–H and O–H groups in total. The average Bonchev–Trinajstić information content (AvgIpc) is 3.17. The number of nitrogens with zero attached hydrogens (tertiary/aromatic N) is 4. The number of esters is 1. The second-order valence-electron chi connectivity index (χ2n) is 8.22. The topological polar surface area (TPSA) is 79.7 Å². The van der Waals surface area contributed by atoms with Gasteiger partial charge in [0, 0.05) is 32.7 Å². The Hall–Kier alpha value is -3.23. The van der Waals surface area contributed by atoms with Gasteiger partial charge in [-0.3, -0.25) is 19.4 Å². The Kier molecular flexibility index (Phi) is 7.70. The number of carbonyl (C=O) groups excluding carboxylic acids is 2. The number of fused-ring (bicyclic) bond motifs is 1. The minimum absolute atomic E-state index is 0.0791. The Morgan fingerprint density at radius 1 is 0.939 bits per heavy atom. The third-order valence-electron chi connectivity index (χ3n) is 5.85. The zero-order valence-electron chi connectivity index (χ0n) is 19.1. The quantitative estimate of drug-likeness (QED) is 0.503. The van der Waals surface area contributed by atoms with E-state index in [0.717, 1.165) is 56.1 Å². The summed E-state index contributed by atoms with van der Waals surface area (Å²) in [5, 5.41) is 2.63. The van der Waals surface area contributed by atoms with Crippen LogP contribution >= 0.6 is 0 Å². The lowest BCUT2D eigenvalue weighted by Gasteiger charge is -2.34. The fourth-order valence-electron chi connectivity index (χ4n) is 4.14. The van der Waals surface area contributed by atoms with Crippen LogP contribution in [-0.2, 0) is 27.4 Å². The number of hydrogen-bond acceptors (Lipinski definition) is 6. The summed E-state index contributed by atoms with van der Waals surface area (Å²) in [6.45, 7) is 7.15. The molecule has 0 bridgehead atoms. The molecular formula is C25H31N5O3. The van der Waals surface area contributed by atoms with Gasteiger partial charge >= 0.3 is 5.97 Å². The predicted octanol–water partition coefficient (Wildman–Crippen LogP) is 1.88. The average molecular weight is 450 g/mol. The molecule has 0 aliphatic carbocycles. The molecule has 0 radical (unpaired) electrons. The van der Waals surface area contributed by atoms with E-state index in [1.165, 1.54) is 5.56 Å². The van der Waals surface area contributed by atoms with Crippen molar-refractivity contribution in [2.75, 3.05) is 45.9 Å². The summed E-state index contributed by atoms with van der Waals surface area (Å²) in [4.78, 5) is 32.9. The maximum atomic E-state index is 12.1. The van der Waals surface area contributed by atoms with E-state index < -0.39 is 5.97 Å². The van der Waals surface area contributed by atoms with Gasteiger partial charge in [0.25, 0.3) is 0 Å². The molecule has 33 heavy (non-hydrogen) atoms. The van der Waals surface area contributed by atoms with Gasteiger partial charge in [-0.1, -0.05) is 42.5 Å². The van der Waals surface area contributed by atoms with Gasteiger partial charge in [0.15, 0.2) is 0 Å². The highest BCUT2D eigenvalue weighted by Crippen LogP contribution is 2.20. The second kappa shape index (κ2) is 11.1. The number of carbonyl (C=O) groups is 2. The molecule has 2 aromatic carbocycles. The summed E-state index contributed by atoms with van der Waals surface area (Å²) in [6, 6.07) is 18.7. The van der Waals surface area contributed by atoms with Crippen molar-refractivity contribution in [3.8, 4) is 0 Å². The molecule has 1 fully saturated rings. The van der Waals surface area contributed by atoms with E-state index in [2.05, 4.69) is 62.1 Å². The summed E-state index contributed by atoms with van der Waals surface area (Å²) in [7, 11) is 0. The van der Waals surface area contributed by atoms with Crippen LogP contribution in [-0.4, -0.2) is 77.1 Å². The van der Waals surface area contributed by atoms with Crippen LogP contribution in [0.2, 0.25) is 0 Å². The third-order valence-corrected chi connectivity index (χ3v) is 5.85. The van der Waals surface area contributed by atoms with Crippen LogP contribution in [0.4, 0.5) is 0 Å². The molecular weight excluding hydrogens is 418 g/mol. The Morgan fingerprint density at radius 3 is 2.39 bits per heavy atom. The van der Waals surface area contributed by atoms with Crippen molar-refractivity contribution in [2.24, 2.45) is 0 Å². The van der Waals surface area contributed by atoms with Crippen LogP contribution < -0.4 is 5.32 Å². The van der Waals surface area contributed by atoms with E-state index in [0.29, 0.717) is 13.2 Å². The van der Waals surface area contributed by atoms with Crippen molar-refractivity contribution in [2.45, 2.75) is 20.0 Å². The van der Waals surface area contributed by atoms with Crippen LogP contribution in [0.3, 0.4) is 0 Å². The number of nitrogens with one attached hydrogen (secondary N) is 1. The first-order chi connectivity index (χ1) is 16.1. The van der Waals surface area contributed by atoms with E-state index in [9.17, 15) is 9.59 Å². The highest BCUT2D eigenvalue weighted by molar-refractivity contribution is 5.83. The van der Waals surface area contributed by atoms with Crippen LogP contribution in [0.15, 0.2) is 54.6 Å². The minimum atomic E-state index is -0.408. The van der Waals surface area contributed by atoms with Crippen molar-refractivity contribution in [3.05, 3.63) is 66.0 Å². The molecule has 4 rings (SSSR count). The molecule has 1 aliphatic heterocycles. The molecule has 1 saturated heterocycles. The van der Waals surface area contributed by atoms with Crippen molar-refractivity contribution in [1.82, 2.24) is 24.7 Å². The molecule has 2 heterocycles. The molecule has 8 nitrogen and oxygen atoms in total. The maximum absolute atomic E-state index is 12.1. The Morgan fingerprint density at radius 2 is 1.64 bits per heavy atom. The molecule has 0 saturated carbocycles. The summed E-state index contributed by atoms with van der Waals surface area (Å²) in [6.07, 6.45) is 0. The fraction of sp³-hybridized carbons (Fsp3) is 0.400. The standard InChI is InChI=1S/C25H31N5O3/c1-2-33-25(32)16-26-24(31)19-29-14-12-28(13-15-29)18-23-27-21-10-6-7-11-22(21)30(23)17-20-8-4-3-5-9-20/h3-11H,2,12-19H2,1H3,(H,26,31). The van der Waals surface area contributed by atoms with Gasteiger partial charge in [-0.15, -0.1) is 0 Å². The normalized spacial score (nSPS) is 14.9. The first-order valence-corrected chi connectivity index (χ1v) is 11.5. The molecule has 1 amide bonds. The van der Waals surface area contributed by atoms with Crippen molar-refractivity contribution in [3.63, 3.8) is 0 Å². The minimum Gasteiger partial charge on any atom is -0.465 e. The lowest BCUT2D eigenvalue weighted by Crippen LogP contribution is -2.49. The number of benzene rings is 2. The van der Waals surface area contributed by atoms with Crippen LogP contribution in [0.25, 0.3) is 11.0 Å². The van der Waals surface area contributed by atoms with Gasteiger partial charge in [-0.05, 0) is 24.6 Å². The Labute approximate surface area is 194 Å². The van der Waals surface area contributed by atoms with Crippen molar-refractivity contribution >= 4 is 22.9 Å². The van der Waals surface area contributed by atoms with Crippen LogP contribution in [0.1, 0.15) is 18.3 Å². The molecule has 0 atom stereocenters. The van der Waals surface area contributed by atoms with E-state index in [1.807, 2.05) is 12.1 Å². The van der Waals surface area contributed by atoms with Gasteiger partial charge in [-0.2, -0.15) is 0 Å². The second-order valence-corrected chi connectivity index (χ2v) is 8.22. The first-order valence-electron chi connectivity index (χ1n) is 11.5. The van der Waals surface area contributed by atoms with Gasteiger partial charge in [0.2, 0.25) is 5.91 Å². The molecule has 1 aliphatic rings. The van der Waals surface area contributed by atoms with E-state index in [-0.39, 0.29) is 12.5 Å². The van der Waals surface area contributed by atoms with E-state index >= 15 is 0 Å². The summed E-state index contributed by atoms with van der Waals surface area (Å²) >= 11 is 0. The van der Waals surface area contributed by atoms with Crippen molar-refractivity contribution < 1.29 is 14.3 Å². The largest absolute Gasteiger partial charge is 0.465 e. The molecule has 1 aromatic heterocycles. The number of piperazine rings is 1.